The van der Waals surface area contributed by atoms with Gasteiger partial charge in [-0.05, 0) is 44.0 Å². The first kappa shape index (κ1) is 15.8. The van der Waals surface area contributed by atoms with Gasteiger partial charge in [-0.15, -0.1) is 0 Å². The summed E-state index contributed by atoms with van der Waals surface area (Å²) in [5, 5.41) is 9.90. The summed E-state index contributed by atoms with van der Waals surface area (Å²) in [5.41, 5.74) is 2.13. The van der Waals surface area contributed by atoms with E-state index in [1.165, 1.54) is 0 Å². The Morgan fingerprint density at radius 2 is 1.80 bits per heavy atom. The van der Waals surface area contributed by atoms with Gasteiger partial charge in [0.25, 0.3) is 5.78 Å². The number of carbonyl (C=O) groups is 2. The number of ether oxygens (including phenoxy) is 2. The van der Waals surface area contributed by atoms with Crippen molar-refractivity contribution in [3.8, 4) is 5.75 Å². The molecule has 108 valence electrons. The minimum Gasteiger partial charge on any atom is -0.507 e. The fourth-order valence-corrected chi connectivity index (χ4v) is 1.84. The van der Waals surface area contributed by atoms with Gasteiger partial charge in [-0.1, -0.05) is 0 Å². The summed E-state index contributed by atoms with van der Waals surface area (Å²) in [7, 11) is 1.11. The lowest BCUT2D eigenvalue weighted by molar-refractivity contribution is -0.149. The Morgan fingerprint density at radius 3 is 2.25 bits per heavy atom. The fraction of sp³-hybridized carbons (Fsp3) is 0.333. The second-order valence-electron chi connectivity index (χ2n) is 4.26. The molecule has 1 N–H and O–H groups in total. The molecule has 0 atom stereocenters. The van der Waals surface area contributed by atoms with Crippen LogP contribution in [-0.2, 0) is 14.3 Å². The maximum Gasteiger partial charge on any atom is 0.378 e. The molecule has 0 aliphatic rings. The average Bonchev–Trinajstić information content (AvgIpc) is 2.41. The van der Waals surface area contributed by atoms with Gasteiger partial charge in [0, 0.05) is 11.6 Å². The molecular weight excluding hydrogens is 260 g/mol. The normalized spacial score (nSPS) is 11.1. The van der Waals surface area contributed by atoms with Crippen molar-refractivity contribution in [2.45, 2.75) is 20.8 Å². The van der Waals surface area contributed by atoms with Gasteiger partial charge >= 0.3 is 5.97 Å². The predicted molar refractivity (Wildman–Crippen MR) is 74.7 cm³/mol. The summed E-state index contributed by atoms with van der Waals surface area (Å²) < 4.78 is 9.78. The zero-order chi connectivity index (χ0) is 15.3. The lowest BCUT2D eigenvalue weighted by atomic mass is 10.0. The summed E-state index contributed by atoms with van der Waals surface area (Å²) >= 11 is 0. The fourth-order valence-electron chi connectivity index (χ4n) is 1.84. The van der Waals surface area contributed by atoms with Gasteiger partial charge in [0.2, 0.25) is 0 Å². The van der Waals surface area contributed by atoms with E-state index in [4.69, 9.17) is 4.74 Å². The van der Waals surface area contributed by atoms with E-state index >= 15 is 0 Å². The van der Waals surface area contributed by atoms with Crippen molar-refractivity contribution in [2.75, 3.05) is 13.7 Å². The lowest BCUT2D eigenvalue weighted by Gasteiger charge is -2.12. The Bertz CT molecular complexity index is 534. The van der Waals surface area contributed by atoms with Crippen molar-refractivity contribution >= 4 is 17.5 Å². The lowest BCUT2D eigenvalue weighted by Crippen LogP contribution is -2.13. The Hall–Kier alpha value is -2.30. The first-order valence-corrected chi connectivity index (χ1v) is 6.18. The largest absolute Gasteiger partial charge is 0.507 e. The van der Waals surface area contributed by atoms with E-state index in [1.807, 2.05) is 20.8 Å². The van der Waals surface area contributed by atoms with Crippen molar-refractivity contribution in [3.05, 3.63) is 34.9 Å². The van der Waals surface area contributed by atoms with E-state index in [-0.39, 0.29) is 5.76 Å². The molecule has 0 aliphatic heterocycles. The number of rotatable bonds is 5. The molecule has 1 aromatic carbocycles. The number of aliphatic hydroxyl groups excluding tert-OH is 1. The zero-order valence-electron chi connectivity index (χ0n) is 12.0. The zero-order valence-corrected chi connectivity index (χ0v) is 12.0. The van der Waals surface area contributed by atoms with Gasteiger partial charge in [-0.25, -0.2) is 4.79 Å². The Labute approximate surface area is 117 Å². The molecule has 0 amide bonds. The number of esters is 1. The molecule has 0 heterocycles. The third-order valence-corrected chi connectivity index (χ3v) is 2.70. The smallest absolute Gasteiger partial charge is 0.378 e. The van der Waals surface area contributed by atoms with Gasteiger partial charge < -0.3 is 14.6 Å². The van der Waals surface area contributed by atoms with Gasteiger partial charge in [-0.2, -0.15) is 0 Å². The molecule has 5 nitrogen and oxygen atoms in total. The van der Waals surface area contributed by atoms with Crippen LogP contribution in [0.25, 0.3) is 5.76 Å². The maximum absolute atomic E-state index is 11.4. The molecule has 0 aromatic heterocycles. The van der Waals surface area contributed by atoms with Gasteiger partial charge in [0.15, 0.2) is 0 Å². The van der Waals surface area contributed by atoms with E-state index in [0.29, 0.717) is 12.2 Å². The summed E-state index contributed by atoms with van der Waals surface area (Å²) in [5.74, 6) is -1.46. The number of hydrogen-bond donors (Lipinski definition) is 1. The Kier molecular flexibility index (Phi) is 5.32. The summed E-state index contributed by atoms with van der Waals surface area (Å²) in [6, 6.07) is 3.38. The monoisotopic (exact) mass is 278 g/mol. The van der Waals surface area contributed by atoms with E-state index in [0.717, 1.165) is 30.1 Å². The molecule has 1 rings (SSSR count). The Morgan fingerprint density at radius 1 is 1.25 bits per heavy atom. The van der Waals surface area contributed by atoms with Crippen LogP contribution in [0.3, 0.4) is 0 Å². The summed E-state index contributed by atoms with van der Waals surface area (Å²) in [6.45, 7) is 6.12. The molecule has 0 fully saturated rings. The molecule has 0 saturated carbocycles. The van der Waals surface area contributed by atoms with Crippen LogP contribution < -0.4 is 4.74 Å². The number of hydrogen-bond acceptors (Lipinski definition) is 5. The van der Waals surface area contributed by atoms with Crippen LogP contribution in [0, 0.1) is 13.8 Å². The van der Waals surface area contributed by atoms with Crippen molar-refractivity contribution in [2.24, 2.45) is 0 Å². The average molecular weight is 278 g/mol. The van der Waals surface area contributed by atoms with Gasteiger partial charge in [0.05, 0.1) is 13.7 Å². The topological polar surface area (TPSA) is 72.8 Å². The molecule has 0 radical (unpaired) electrons. The number of methoxy groups -OCH3 is 1. The van der Waals surface area contributed by atoms with Crippen LogP contribution in [0.4, 0.5) is 0 Å². The van der Waals surface area contributed by atoms with Crippen molar-refractivity contribution in [3.63, 3.8) is 0 Å². The number of carbonyl (C=O) groups excluding carboxylic acids is 2. The molecule has 0 bridgehead atoms. The van der Waals surface area contributed by atoms with Crippen molar-refractivity contribution in [1.82, 2.24) is 0 Å². The number of aryl methyl sites for hydroxylation is 2. The van der Waals surface area contributed by atoms with E-state index in [2.05, 4.69) is 4.74 Å². The standard InChI is InChI=1S/C15H18O5/c1-5-20-14-9(2)6-11(7-10(14)3)12(16)8-13(17)15(18)19-4/h6-8,16H,5H2,1-4H3/b12-8-. The highest BCUT2D eigenvalue weighted by molar-refractivity contribution is 6.39. The molecule has 0 aliphatic carbocycles. The van der Waals surface area contributed by atoms with Gasteiger partial charge in [0.1, 0.15) is 11.5 Å². The van der Waals surface area contributed by atoms with Crippen molar-refractivity contribution < 1.29 is 24.2 Å². The SMILES string of the molecule is CCOc1c(C)cc(/C(O)=C/C(=O)C(=O)OC)cc1C. The molecule has 5 heteroatoms. The first-order chi connectivity index (χ1) is 9.40. The molecule has 0 unspecified atom stereocenters. The second kappa shape index (κ2) is 6.75. The highest BCUT2D eigenvalue weighted by Gasteiger charge is 2.14. The van der Waals surface area contributed by atoms with E-state index in [9.17, 15) is 14.7 Å². The number of ketones is 1. The van der Waals surface area contributed by atoms with E-state index in [1.54, 1.807) is 12.1 Å². The van der Waals surface area contributed by atoms with Crippen LogP contribution >= 0.6 is 0 Å². The van der Waals surface area contributed by atoms with Crippen molar-refractivity contribution in [1.29, 1.82) is 0 Å². The maximum atomic E-state index is 11.4. The quantitative estimate of drug-likeness (QED) is 0.387. The predicted octanol–water partition coefficient (Wildman–Crippen LogP) is 2.34. The summed E-state index contributed by atoms with van der Waals surface area (Å²) in [6.07, 6.45) is 0.848. The van der Waals surface area contributed by atoms with Crippen LogP contribution in [0.15, 0.2) is 18.2 Å². The van der Waals surface area contributed by atoms with Crippen LogP contribution in [0.5, 0.6) is 5.75 Å². The summed E-state index contributed by atoms with van der Waals surface area (Å²) in [4.78, 5) is 22.4. The minimum absolute atomic E-state index is 0.283. The third-order valence-electron chi connectivity index (χ3n) is 2.70. The minimum atomic E-state index is -1.02. The highest BCUT2D eigenvalue weighted by Crippen LogP contribution is 2.27. The molecule has 0 saturated heterocycles. The van der Waals surface area contributed by atoms with E-state index < -0.39 is 11.8 Å². The molecular formula is C15H18O5. The van der Waals surface area contributed by atoms with Crippen LogP contribution in [0.1, 0.15) is 23.6 Å². The van der Waals surface area contributed by atoms with Crippen LogP contribution in [-0.4, -0.2) is 30.6 Å². The number of aliphatic hydroxyl groups is 1. The molecule has 20 heavy (non-hydrogen) atoms. The molecule has 0 spiro atoms. The number of benzene rings is 1. The van der Waals surface area contributed by atoms with Crippen LogP contribution in [0.2, 0.25) is 0 Å². The highest BCUT2D eigenvalue weighted by atomic mass is 16.5. The Balaban J connectivity index is 3.12. The van der Waals surface area contributed by atoms with Gasteiger partial charge in [-0.3, -0.25) is 4.79 Å². The third kappa shape index (κ3) is 3.60. The molecule has 1 aromatic rings. The first-order valence-electron chi connectivity index (χ1n) is 6.18. The second-order valence-corrected chi connectivity index (χ2v) is 4.26.